The van der Waals surface area contributed by atoms with Crippen molar-refractivity contribution in [1.29, 1.82) is 0 Å². The number of halogens is 4. The van der Waals surface area contributed by atoms with E-state index < -0.39 is 17.6 Å². The highest BCUT2D eigenvalue weighted by Crippen LogP contribution is 2.35. The third-order valence-corrected chi connectivity index (χ3v) is 4.86. The number of pyridine rings is 2. The van der Waals surface area contributed by atoms with Gasteiger partial charge in [-0.05, 0) is 35.8 Å². The van der Waals surface area contributed by atoms with E-state index >= 15 is 0 Å². The molecule has 4 rings (SSSR count). The van der Waals surface area contributed by atoms with Crippen LogP contribution in [0.5, 0.6) is 0 Å². The summed E-state index contributed by atoms with van der Waals surface area (Å²) in [6.07, 6.45) is 1.63. The van der Waals surface area contributed by atoms with E-state index in [4.69, 9.17) is 4.74 Å². The first-order valence-electron chi connectivity index (χ1n) is 9.02. The largest absolute Gasteiger partial charge is 0.417 e. The number of hydrogen-bond donors (Lipinski definition) is 1. The maximum Gasteiger partial charge on any atom is 0.417 e. The molecule has 0 aromatic carbocycles. The van der Waals surface area contributed by atoms with Gasteiger partial charge in [-0.2, -0.15) is 13.2 Å². The molecule has 0 amide bonds. The van der Waals surface area contributed by atoms with Gasteiger partial charge in [0.2, 0.25) is 0 Å². The third-order valence-electron chi connectivity index (χ3n) is 4.86. The molecule has 9 heteroatoms. The molecule has 2 atom stereocenters. The Kier molecular flexibility index (Phi) is 4.99. The predicted octanol–water partition coefficient (Wildman–Crippen LogP) is 4.25. The van der Waals surface area contributed by atoms with Gasteiger partial charge in [0.15, 0.2) is 17.9 Å². The van der Waals surface area contributed by atoms with Gasteiger partial charge in [0, 0.05) is 25.5 Å². The summed E-state index contributed by atoms with van der Waals surface area (Å²) in [5.74, 6) is 0.221. The van der Waals surface area contributed by atoms with Crippen LogP contribution in [0.1, 0.15) is 17.5 Å². The Labute approximate surface area is 164 Å². The number of anilines is 2. The van der Waals surface area contributed by atoms with Crippen LogP contribution >= 0.6 is 0 Å². The number of aromatic nitrogens is 2. The van der Waals surface area contributed by atoms with Crippen molar-refractivity contribution < 1.29 is 22.3 Å². The van der Waals surface area contributed by atoms with Gasteiger partial charge in [0.25, 0.3) is 0 Å². The number of alkyl halides is 3. The minimum absolute atomic E-state index is 0.165. The van der Waals surface area contributed by atoms with E-state index in [2.05, 4.69) is 21.9 Å². The van der Waals surface area contributed by atoms with E-state index in [1.807, 2.05) is 11.0 Å². The fraction of sp³-hybridized carbons (Fsp3) is 0.300. The molecule has 2 unspecified atom stereocenters. The summed E-state index contributed by atoms with van der Waals surface area (Å²) < 4.78 is 57.6. The minimum Gasteiger partial charge on any atom is -0.350 e. The Balaban J connectivity index is 1.34. The van der Waals surface area contributed by atoms with Crippen molar-refractivity contribution in [2.45, 2.75) is 24.9 Å². The molecule has 0 saturated carbocycles. The molecule has 2 aromatic rings. The zero-order valence-corrected chi connectivity index (χ0v) is 15.3. The van der Waals surface area contributed by atoms with Crippen molar-refractivity contribution in [2.75, 3.05) is 23.3 Å². The Morgan fingerprint density at radius 3 is 2.66 bits per heavy atom. The van der Waals surface area contributed by atoms with Crippen LogP contribution in [0.25, 0.3) is 6.08 Å². The van der Waals surface area contributed by atoms with Gasteiger partial charge in [-0.25, -0.2) is 14.4 Å². The molecule has 2 aromatic heterocycles. The van der Waals surface area contributed by atoms with Gasteiger partial charge in [-0.1, -0.05) is 18.7 Å². The maximum absolute atomic E-state index is 14.2. The molecule has 0 bridgehead atoms. The molecule has 1 fully saturated rings. The summed E-state index contributed by atoms with van der Waals surface area (Å²) in [5.41, 5.74) is 0.888. The van der Waals surface area contributed by atoms with Gasteiger partial charge in [0.05, 0.1) is 5.56 Å². The molecule has 4 heterocycles. The van der Waals surface area contributed by atoms with E-state index in [0.29, 0.717) is 36.7 Å². The van der Waals surface area contributed by atoms with E-state index in [9.17, 15) is 17.6 Å². The normalized spacial score (nSPS) is 21.5. The Morgan fingerprint density at radius 2 is 2.07 bits per heavy atom. The monoisotopic (exact) mass is 406 g/mol. The molecular weight excluding hydrogens is 388 g/mol. The van der Waals surface area contributed by atoms with Gasteiger partial charge in [0.1, 0.15) is 11.9 Å². The molecule has 2 aliphatic rings. The molecule has 5 nitrogen and oxygen atoms in total. The predicted molar refractivity (Wildman–Crippen MR) is 101 cm³/mol. The second kappa shape index (κ2) is 7.47. The van der Waals surface area contributed by atoms with Crippen LogP contribution < -0.4 is 10.2 Å². The van der Waals surface area contributed by atoms with Crippen LogP contribution in [0.3, 0.4) is 0 Å². The first-order valence-corrected chi connectivity index (χ1v) is 9.02. The fourth-order valence-electron chi connectivity index (χ4n) is 3.22. The third kappa shape index (κ3) is 4.24. The van der Waals surface area contributed by atoms with Gasteiger partial charge in [-0.15, -0.1) is 0 Å². The lowest BCUT2D eigenvalue weighted by atomic mass is 10.0. The van der Waals surface area contributed by atoms with E-state index in [-0.39, 0.29) is 12.3 Å². The van der Waals surface area contributed by atoms with Crippen molar-refractivity contribution in [3.8, 4) is 0 Å². The molecule has 1 saturated heterocycles. The summed E-state index contributed by atoms with van der Waals surface area (Å²) in [4.78, 5) is 9.80. The molecule has 0 aliphatic carbocycles. The topological polar surface area (TPSA) is 53.6 Å². The van der Waals surface area contributed by atoms with E-state index in [0.717, 1.165) is 17.8 Å². The first kappa shape index (κ1) is 19.4. The summed E-state index contributed by atoms with van der Waals surface area (Å²) in [6, 6.07) is 3.65. The summed E-state index contributed by atoms with van der Waals surface area (Å²) in [5, 5.41) is 2.97. The summed E-state index contributed by atoms with van der Waals surface area (Å²) >= 11 is 0. The van der Waals surface area contributed by atoms with E-state index in [1.54, 1.807) is 6.20 Å². The van der Waals surface area contributed by atoms with Gasteiger partial charge < -0.3 is 15.0 Å². The molecular formula is C20H18F4N4O. The van der Waals surface area contributed by atoms with Crippen LogP contribution in [0.2, 0.25) is 0 Å². The van der Waals surface area contributed by atoms with Crippen molar-refractivity contribution in [3.63, 3.8) is 0 Å². The summed E-state index contributed by atoms with van der Waals surface area (Å²) in [7, 11) is 0. The van der Waals surface area contributed by atoms with Crippen LogP contribution in [0, 0.1) is 5.82 Å². The van der Waals surface area contributed by atoms with Crippen molar-refractivity contribution in [2.24, 2.45) is 0 Å². The number of ether oxygens (including phenoxy) is 1. The molecule has 29 heavy (non-hydrogen) atoms. The molecule has 2 aliphatic heterocycles. The average molecular weight is 406 g/mol. The quantitative estimate of drug-likeness (QED) is 0.457. The van der Waals surface area contributed by atoms with Crippen LogP contribution in [0.15, 0.2) is 48.8 Å². The molecule has 1 N–H and O–H groups in total. The van der Waals surface area contributed by atoms with E-state index in [1.165, 1.54) is 18.2 Å². The minimum atomic E-state index is -4.41. The lowest BCUT2D eigenvalue weighted by Crippen LogP contribution is -2.31. The second-order valence-corrected chi connectivity index (χ2v) is 6.80. The highest BCUT2D eigenvalue weighted by molar-refractivity contribution is 5.51. The lowest BCUT2D eigenvalue weighted by Gasteiger charge is -2.27. The number of hydrogen-bond acceptors (Lipinski definition) is 5. The van der Waals surface area contributed by atoms with Crippen molar-refractivity contribution in [1.82, 2.24) is 9.97 Å². The van der Waals surface area contributed by atoms with Crippen LogP contribution in [0.4, 0.5) is 29.2 Å². The number of nitrogens with zero attached hydrogens (tertiary/aromatic N) is 3. The molecule has 152 valence electrons. The highest BCUT2D eigenvalue weighted by atomic mass is 19.4. The summed E-state index contributed by atoms with van der Waals surface area (Å²) in [6.45, 7) is 4.69. The SMILES string of the molecule is C=Cc1cnc(N2CC=C(C3OC3Nc3ccc(C(F)(F)F)cn3)CC2)c(F)c1. The van der Waals surface area contributed by atoms with Gasteiger partial charge in [-0.3, -0.25) is 0 Å². The van der Waals surface area contributed by atoms with Crippen LogP contribution in [-0.2, 0) is 10.9 Å². The van der Waals surface area contributed by atoms with Crippen LogP contribution in [-0.4, -0.2) is 35.4 Å². The number of epoxide rings is 1. The maximum atomic E-state index is 14.2. The number of rotatable bonds is 5. The lowest BCUT2D eigenvalue weighted by molar-refractivity contribution is -0.137. The molecule has 0 spiro atoms. The van der Waals surface area contributed by atoms with Crippen molar-refractivity contribution in [3.05, 3.63) is 65.8 Å². The smallest absolute Gasteiger partial charge is 0.350 e. The Bertz CT molecular complexity index is 942. The molecule has 0 radical (unpaired) electrons. The zero-order valence-electron chi connectivity index (χ0n) is 15.3. The standard InChI is InChI=1S/C20H18F4N4O/c1-2-12-9-15(21)18(26-10-12)28-7-5-13(6-8-28)17-19(29-17)27-16-4-3-14(11-25-16)20(22,23)24/h2-5,9-11,17,19H,1,6-8H2,(H,25,27). The Morgan fingerprint density at radius 1 is 1.24 bits per heavy atom. The number of nitrogens with one attached hydrogen (secondary N) is 1. The Hall–Kier alpha value is -2.94. The fourth-order valence-corrected chi connectivity index (χ4v) is 3.22. The second-order valence-electron chi connectivity index (χ2n) is 6.80. The first-order chi connectivity index (χ1) is 13.8. The van der Waals surface area contributed by atoms with Gasteiger partial charge >= 0.3 is 6.18 Å². The van der Waals surface area contributed by atoms with Crippen molar-refractivity contribution >= 4 is 17.7 Å². The average Bonchev–Trinajstić information content (AvgIpc) is 3.47. The zero-order chi connectivity index (χ0) is 20.6. The highest BCUT2D eigenvalue weighted by Gasteiger charge is 2.42.